The van der Waals surface area contributed by atoms with Crippen LogP contribution in [0, 0.1) is 0 Å². The molecule has 2 unspecified atom stereocenters. The molecular weight excluding hydrogens is 338 g/mol. The lowest BCUT2D eigenvalue weighted by molar-refractivity contribution is -0.480. The van der Waals surface area contributed by atoms with Gasteiger partial charge in [0.2, 0.25) is 0 Å². The summed E-state index contributed by atoms with van der Waals surface area (Å²) in [6.07, 6.45) is 3.56. The lowest BCUT2D eigenvalue weighted by Gasteiger charge is -2.61. The number of hydrogen-bond acceptors (Lipinski definition) is 7. The second-order valence-corrected chi connectivity index (χ2v) is 6.06. The van der Waals surface area contributed by atoms with Crippen LogP contribution in [0.5, 0.6) is 0 Å². The van der Waals surface area contributed by atoms with Gasteiger partial charge in [0.05, 0.1) is 0 Å². The number of hydrogen-bond donors (Lipinski definition) is 1. The number of nitrogens with two attached hydrogens (primary N) is 1. The minimum atomic E-state index is -1.57. The monoisotopic (exact) mass is 375 g/mol. The Hall–Kier alpha value is -0.540. The molecule has 7 heteroatoms. The predicted octanol–water partition coefficient (Wildman–Crippen LogP) is 2.58. The fourth-order valence-electron chi connectivity index (χ4n) is 3.70. The summed E-state index contributed by atoms with van der Waals surface area (Å²) in [4.78, 5) is 0. The Morgan fingerprint density at radius 3 is 1.35 bits per heavy atom. The van der Waals surface area contributed by atoms with Crippen molar-refractivity contribution in [3.05, 3.63) is 12.2 Å². The van der Waals surface area contributed by atoms with Crippen molar-refractivity contribution in [1.82, 2.24) is 0 Å². The predicted molar refractivity (Wildman–Crippen MR) is 99.7 cm³/mol. The van der Waals surface area contributed by atoms with Gasteiger partial charge < -0.3 is 28.4 Å². The molecule has 0 fully saturated rings. The summed E-state index contributed by atoms with van der Waals surface area (Å²) in [5.74, 6) is -3.03. The highest BCUT2D eigenvalue weighted by atomic mass is 16.8. The first kappa shape index (κ1) is 23.5. The van der Waals surface area contributed by atoms with Gasteiger partial charge in [-0.15, -0.1) is 0 Å². The molecule has 0 amide bonds. The molecule has 0 bridgehead atoms. The van der Waals surface area contributed by atoms with Crippen molar-refractivity contribution in [2.75, 3.05) is 39.6 Å². The average molecular weight is 376 g/mol. The number of rotatable bonds is 12. The highest BCUT2D eigenvalue weighted by Gasteiger charge is 2.76. The molecule has 1 rings (SSSR count). The van der Waals surface area contributed by atoms with Crippen LogP contribution in [0.25, 0.3) is 0 Å². The zero-order chi connectivity index (χ0) is 19.9. The molecule has 1 aliphatic carbocycles. The summed E-state index contributed by atoms with van der Waals surface area (Å²) >= 11 is 0. The molecule has 0 aromatic rings. The van der Waals surface area contributed by atoms with Crippen molar-refractivity contribution in [2.24, 2.45) is 5.73 Å². The van der Waals surface area contributed by atoms with Gasteiger partial charge in [-0.1, -0.05) is 0 Å². The van der Waals surface area contributed by atoms with Gasteiger partial charge in [-0.2, -0.15) is 0 Å². The van der Waals surface area contributed by atoms with E-state index in [9.17, 15) is 0 Å². The van der Waals surface area contributed by atoms with Gasteiger partial charge in [0.1, 0.15) is 5.60 Å². The van der Waals surface area contributed by atoms with Crippen LogP contribution in [0.2, 0.25) is 0 Å². The van der Waals surface area contributed by atoms with Gasteiger partial charge in [0, 0.05) is 39.6 Å². The molecule has 0 spiro atoms. The van der Waals surface area contributed by atoms with Gasteiger partial charge in [-0.3, -0.25) is 5.73 Å². The molecule has 2 atom stereocenters. The van der Waals surface area contributed by atoms with Gasteiger partial charge in [0.25, 0.3) is 11.6 Å². The van der Waals surface area contributed by atoms with Crippen LogP contribution < -0.4 is 5.73 Å². The zero-order valence-electron chi connectivity index (χ0n) is 17.4. The quantitative estimate of drug-likeness (QED) is 0.415. The molecule has 26 heavy (non-hydrogen) atoms. The first-order valence-corrected chi connectivity index (χ1v) is 9.65. The van der Waals surface area contributed by atoms with Crippen LogP contribution in [0.1, 0.15) is 48.5 Å². The topological polar surface area (TPSA) is 81.4 Å². The van der Waals surface area contributed by atoms with Crippen LogP contribution in [0.3, 0.4) is 0 Å². The summed E-state index contributed by atoms with van der Waals surface area (Å²) in [5, 5.41) is 0. The van der Waals surface area contributed by atoms with Gasteiger partial charge in [-0.05, 0) is 60.6 Å². The molecule has 154 valence electrons. The molecule has 0 aromatic heterocycles. The van der Waals surface area contributed by atoms with Crippen LogP contribution in [-0.2, 0) is 28.4 Å². The van der Waals surface area contributed by atoms with E-state index in [4.69, 9.17) is 34.2 Å². The molecule has 0 aromatic carbocycles. The molecular formula is C19H37NO6. The average Bonchev–Trinajstić information content (AvgIpc) is 2.59. The first-order chi connectivity index (χ1) is 12.3. The minimum absolute atomic E-state index is 0.323. The zero-order valence-corrected chi connectivity index (χ0v) is 17.4. The van der Waals surface area contributed by atoms with E-state index < -0.39 is 22.9 Å². The van der Waals surface area contributed by atoms with Gasteiger partial charge in [-0.25, -0.2) is 0 Å². The molecule has 0 saturated heterocycles. The second kappa shape index (κ2) is 9.59. The van der Waals surface area contributed by atoms with Crippen LogP contribution in [-0.4, -0.2) is 62.5 Å². The Bertz CT molecular complexity index is 405. The normalized spacial score (nSPS) is 29.8. The molecule has 2 N–H and O–H groups in total. The summed E-state index contributed by atoms with van der Waals surface area (Å²) < 4.78 is 36.9. The van der Waals surface area contributed by atoms with Gasteiger partial charge >= 0.3 is 0 Å². The Kier molecular flexibility index (Phi) is 8.67. The first-order valence-electron chi connectivity index (χ1n) is 9.65. The van der Waals surface area contributed by atoms with Crippen LogP contribution in [0.4, 0.5) is 0 Å². The summed E-state index contributed by atoms with van der Waals surface area (Å²) in [6, 6.07) is 0. The molecule has 0 aliphatic heterocycles. The molecule has 0 saturated carbocycles. The van der Waals surface area contributed by atoms with Crippen molar-refractivity contribution in [1.29, 1.82) is 0 Å². The third-order valence-corrected chi connectivity index (χ3v) is 4.47. The maximum atomic E-state index is 6.70. The molecule has 0 radical (unpaired) electrons. The largest absolute Gasteiger partial charge is 0.366 e. The van der Waals surface area contributed by atoms with E-state index in [1.165, 1.54) is 0 Å². The van der Waals surface area contributed by atoms with E-state index in [1.807, 2.05) is 54.5 Å². The third kappa shape index (κ3) is 3.58. The summed E-state index contributed by atoms with van der Waals surface area (Å²) in [6.45, 7) is 15.3. The van der Waals surface area contributed by atoms with E-state index in [-0.39, 0.29) is 0 Å². The van der Waals surface area contributed by atoms with Crippen molar-refractivity contribution in [3.63, 3.8) is 0 Å². The number of ether oxygens (including phenoxy) is 6. The Labute approximate surface area is 158 Å². The minimum Gasteiger partial charge on any atom is -0.366 e. The Morgan fingerprint density at radius 1 is 0.577 bits per heavy atom. The second-order valence-electron chi connectivity index (χ2n) is 6.06. The van der Waals surface area contributed by atoms with E-state index in [1.54, 1.807) is 6.08 Å². The standard InChI is InChI=1S/C19H37NO6/c1-8-21-16(7)14-15-17(20,22-9-2)19(25-12-5,26-13-6)18(16,23-10-3)24-11-4/h14-15H,8-13,20H2,1-7H3. The van der Waals surface area contributed by atoms with Gasteiger partial charge in [0.15, 0.2) is 5.72 Å². The fraction of sp³-hybridized carbons (Fsp3) is 0.895. The Balaban J connectivity index is 3.83. The Morgan fingerprint density at radius 2 is 0.962 bits per heavy atom. The van der Waals surface area contributed by atoms with E-state index >= 15 is 0 Å². The van der Waals surface area contributed by atoms with Crippen molar-refractivity contribution >= 4 is 0 Å². The molecule has 7 nitrogen and oxygen atoms in total. The summed E-state index contributed by atoms with van der Waals surface area (Å²) in [5.41, 5.74) is 4.28. The lowest BCUT2D eigenvalue weighted by Crippen LogP contribution is -2.83. The van der Waals surface area contributed by atoms with Crippen molar-refractivity contribution < 1.29 is 28.4 Å². The highest BCUT2D eigenvalue weighted by molar-refractivity contribution is 5.29. The SMILES string of the molecule is CCOC1(C)C=CC(N)(OCC)C(OCC)(OCC)C1(OCC)OCC. The van der Waals surface area contributed by atoms with Crippen LogP contribution >= 0.6 is 0 Å². The maximum Gasteiger partial charge on any atom is 0.275 e. The maximum absolute atomic E-state index is 6.70. The fourth-order valence-corrected chi connectivity index (χ4v) is 3.70. The molecule has 0 heterocycles. The lowest BCUT2D eigenvalue weighted by atomic mass is 9.75. The van der Waals surface area contributed by atoms with E-state index in [0.29, 0.717) is 39.6 Å². The third-order valence-electron chi connectivity index (χ3n) is 4.47. The van der Waals surface area contributed by atoms with E-state index in [0.717, 1.165) is 0 Å². The summed E-state index contributed by atoms with van der Waals surface area (Å²) in [7, 11) is 0. The highest BCUT2D eigenvalue weighted by Crippen LogP contribution is 2.52. The van der Waals surface area contributed by atoms with Crippen molar-refractivity contribution in [2.45, 2.75) is 71.4 Å². The smallest absolute Gasteiger partial charge is 0.275 e. The van der Waals surface area contributed by atoms with Crippen LogP contribution in [0.15, 0.2) is 12.2 Å². The molecule has 1 aliphatic rings. The van der Waals surface area contributed by atoms with Crippen molar-refractivity contribution in [3.8, 4) is 0 Å². The van der Waals surface area contributed by atoms with E-state index in [2.05, 4.69) is 0 Å².